The molecule has 0 fully saturated rings. The molecule has 78 heavy (non-hydrogen) atoms. The molecule has 4 aliphatic rings. The number of anilines is 6. The van der Waals surface area contributed by atoms with Crippen LogP contribution in [0.4, 0.5) is 34.1 Å². The van der Waals surface area contributed by atoms with E-state index in [4.69, 9.17) is 4.42 Å². The Kier molecular flexibility index (Phi) is 11.0. The predicted octanol–water partition coefficient (Wildman–Crippen LogP) is 18.9. The average molecular weight is 1020 g/mol. The van der Waals surface area contributed by atoms with E-state index in [2.05, 4.69) is 260 Å². The Morgan fingerprint density at radius 3 is 1.72 bits per heavy atom. The van der Waals surface area contributed by atoms with Crippen LogP contribution >= 0.6 is 0 Å². The second-order valence-corrected chi connectivity index (χ2v) is 28.8. The van der Waals surface area contributed by atoms with Gasteiger partial charge in [0.2, 0.25) is 0 Å². The van der Waals surface area contributed by atoms with Crippen LogP contribution in [-0.2, 0) is 32.5 Å². The van der Waals surface area contributed by atoms with Crippen molar-refractivity contribution in [3.63, 3.8) is 0 Å². The van der Waals surface area contributed by atoms with Gasteiger partial charge >= 0.3 is 0 Å². The molecule has 0 bridgehead atoms. The Bertz CT molecular complexity index is 3960. The third kappa shape index (κ3) is 7.58. The number of furan rings is 1. The molecule has 394 valence electrons. The van der Waals surface area contributed by atoms with E-state index in [1.165, 1.54) is 118 Å². The first-order valence-corrected chi connectivity index (χ1v) is 29.1. The Balaban J connectivity index is 1.24. The van der Waals surface area contributed by atoms with Gasteiger partial charge in [-0.25, -0.2) is 0 Å². The van der Waals surface area contributed by atoms with Gasteiger partial charge in [-0.05, 0) is 198 Å². The number of fused-ring (bicyclic) bond motifs is 10. The van der Waals surface area contributed by atoms with Gasteiger partial charge in [0, 0.05) is 39.1 Å². The number of aryl methyl sites for hydroxylation is 2. The van der Waals surface area contributed by atoms with Crippen LogP contribution < -0.4 is 26.2 Å². The lowest BCUT2D eigenvalue weighted by molar-refractivity contribution is 0.332. The number of hydrogen-bond acceptors (Lipinski definition) is 3. The number of hydrogen-bond donors (Lipinski definition) is 0. The van der Waals surface area contributed by atoms with Crippen molar-refractivity contribution in [3.8, 4) is 22.3 Å². The molecule has 0 spiro atoms. The molecule has 0 amide bonds. The van der Waals surface area contributed by atoms with Gasteiger partial charge in [-0.2, -0.15) is 0 Å². The van der Waals surface area contributed by atoms with Crippen molar-refractivity contribution >= 4 is 79.2 Å². The van der Waals surface area contributed by atoms with E-state index in [0.29, 0.717) is 0 Å². The predicted molar refractivity (Wildman–Crippen MR) is 336 cm³/mol. The van der Waals surface area contributed by atoms with Gasteiger partial charge in [0.05, 0.1) is 11.4 Å². The summed E-state index contributed by atoms with van der Waals surface area (Å²) in [6.07, 6.45) is 4.62. The fraction of sp³-hybridized carbons (Fsp3) is 0.351. The average Bonchev–Trinajstić information content (AvgIpc) is 3.93. The highest BCUT2D eigenvalue weighted by Gasteiger charge is 2.49. The number of benzene rings is 8. The van der Waals surface area contributed by atoms with E-state index >= 15 is 0 Å². The van der Waals surface area contributed by atoms with Crippen molar-refractivity contribution in [2.75, 3.05) is 9.80 Å². The zero-order chi connectivity index (χ0) is 55.0. The van der Waals surface area contributed by atoms with Crippen molar-refractivity contribution < 1.29 is 4.42 Å². The van der Waals surface area contributed by atoms with Gasteiger partial charge in [0.25, 0.3) is 6.71 Å². The maximum Gasteiger partial charge on any atom is 0.252 e. The van der Waals surface area contributed by atoms with Crippen molar-refractivity contribution in [2.45, 2.75) is 169 Å². The molecule has 1 aromatic heterocycles. The Hall–Kier alpha value is -6.78. The molecule has 0 unspecified atom stereocenters. The van der Waals surface area contributed by atoms with Crippen LogP contribution in [-0.4, -0.2) is 6.71 Å². The fourth-order valence-electron chi connectivity index (χ4n) is 14.7. The molecule has 8 aromatic carbocycles. The van der Waals surface area contributed by atoms with Crippen LogP contribution in [0.3, 0.4) is 0 Å². The van der Waals surface area contributed by atoms with Crippen molar-refractivity contribution in [3.05, 3.63) is 184 Å². The highest BCUT2D eigenvalue weighted by Crippen LogP contribution is 2.55. The molecule has 13 rings (SSSR count). The molecule has 0 saturated heterocycles. The van der Waals surface area contributed by atoms with Gasteiger partial charge in [-0.3, -0.25) is 0 Å². The van der Waals surface area contributed by atoms with Gasteiger partial charge in [-0.15, -0.1) is 0 Å². The summed E-state index contributed by atoms with van der Waals surface area (Å²) in [4.78, 5) is 5.38. The maximum atomic E-state index is 7.54. The summed E-state index contributed by atoms with van der Waals surface area (Å²) in [6.45, 7) is 38.3. The van der Waals surface area contributed by atoms with Gasteiger partial charge in [-0.1, -0.05) is 188 Å². The zero-order valence-corrected chi connectivity index (χ0v) is 49.5. The summed E-state index contributed by atoms with van der Waals surface area (Å²) in [5.41, 5.74) is 28.9. The van der Waals surface area contributed by atoms with Gasteiger partial charge in [0.1, 0.15) is 5.58 Å². The van der Waals surface area contributed by atoms with E-state index in [9.17, 15) is 0 Å². The Labute approximate surface area is 466 Å². The standard InChI is InChI=1S/C74H79BN2O/c1-44-22-20-23-45(2)64(44)47-38-61-66-62(39-47)77(59-33-28-48(69(3,4)5)40-51(59)46-24-18-17-19-25-46)67-57(32-30-50-65-53(70(6,7)8)26-21-27-63(65)78-68(50)67)75(66)58-42-55-56(74(15,16)37-36-73(55,13)14)43-60(58)76(61)49-29-31-52-54(41-49)72(11,12)35-34-71(52,9)10/h17-33,38-43H,34-37H2,1-16H3. The topological polar surface area (TPSA) is 19.6 Å². The van der Waals surface area contributed by atoms with Crippen molar-refractivity contribution in [1.82, 2.24) is 0 Å². The molecule has 3 nitrogen and oxygen atoms in total. The van der Waals surface area contributed by atoms with E-state index in [-0.39, 0.29) is 39.2 Å². The molecule has 9 aromatic rings. The largest absolute Gasteiger partial charge is 0.454 e. The van der Waals surface area contributed by atoms with Crippen LogP contribution in [0.1, 0.15) is 167 Å². The SMILES string of the molecule is Cc1cccc(C)c1-c1cc2c3c(c1)N(c1ccc(C(C)(C)C)cc1-c1ccccc1)c1c(ccc4c1oc1cccc(C(C)(C)C)c14)B3c1cc3c(cc1N2c1ccc2c(c1)C(C)(C)CCC2(C)C)C(C)(C)CCC3(C)C. The van der Waals surface area contributed by atoms with E-state index in [1.807, 2.05) is 0 Å². The minimum atomic E-state index is -0.107. The van der Waals surface area contributed by atoms with Gasteiger partial charge < -0.3 is 14.2 Å². The second-order valence-electron chi connectivity index (χ2n) is 28.8. The molecule has 0 saturated carbocycles. The van der Waals surface area contributed by atoms with E-state index in [1.54, 1.807) is 0 Å². The van der Waals surface area contributed by atoms with Crippen LogP contribution in [0.2, 0.25) is 0 Å². The molecular weight excluding hydrogens is 944 g/mol. The molecule has 2 aliphatic heterocycles. The summed E-state index contributed by atoms with van der Waals surface area (Å²) in [5, 5.41) is 2.36. The highest BCUT2D eigenvalue weighted by atomic mass is 16.3. The Morgan fingerprint density at radius 1 is 0.474 bits per heavy atom. The van der Waals surface area contributed by atoms with E-state index in [0.717, 1.165) is 47.2 Å². The Morgan fingerprint density at radius 2 is 1.08 bits per heavy atom. The van der Waals surface area contributed by atoms with Crippen LogP contribution in [0, 0.1) is 13.8 Å². The lowest BCUT2D eigenvalue weighted by atomic mass is 9.33. The van der Waals surface area contributed by atoms with Crippen LogP contribution in [0.15, 0.2) is 144 Å². The first kappa shape index (κ1) is 50.7. The molecule has 3 heterocycles. The number of nitrogens with zero attached hydrogens (tertiary/aromatic N) is 2. The summed E-state index contributed by atoms with van der Waals surface area (Å²) in [5.74, 6) is 0. The van der Waals surface area contributed by atoms with Crippen molar-refractivity contribution in [2.24, 2.45) is 0 Å². The van der Waals surface area contributed by atoms with Crippen molar-refractivity contribution in [1.29, 1.82) is 0 Å². The third-order valence-corrected chi connectivity index (χ3v) is 19.5. The minimum Gasteiger partial charge on any atom is -0.454 e. The molecular formula is C74H79BN2O. The summed E-state index contributed by atoms with van der Waals surface area (Å²) in [7, 11) is 0. The minimum absolute atomic E-state index is 0.00149. The molecule has 2 aliphatic carbocycles. The monoisotopic (exact) mass is 1020 g/mol. The summed E-state index contributed by atoms with van der Waals surface area (Å²) in [6, 6.07) is 54.9. The lowest BCUT2D eigenvalue weighted by Gasteiger charge is -2.48. The first-order chi connectivity index (χ1) is 36.7. The normalized spacial score (nSPS) is 17.6. The smallest absolute Gasteiger partial charge is 0.252 e. The molecule has 0 atom stereocenters. The van der Waals surface area contributed by atoms with Crippen LogP contribution in [0.25, 0.3) is 44.2 Å². The summed E-state index contributed by atoms with van der Waals surface area (Å²) < 4.78 is 7.54. The van der Waals surface area contributed by atoms with Gasteiger partial charge in [0.15, 0.2) is 5.58 Å². The highest BCUT2D eigenvalue weighted by molar-refractivity contribution is 7.00. The van der Waals surface area contributed by atoms with Crippen LogP contribution in [0.5, 0.6) is 0 Å². The zero-order valence-electron chi connectivity index (χ0n) is 49.5. The summed E-state index contributed by atoms with van der Waals surface area (Å²) >= 11 is 0. The quantitative estimate of drug-likeness (QED) is 0.164. The second kappa shape index (κ2) is 16.9. The lowest BCUT2D eigenvalue weighted by Crippen LogP contribution is -2.62. The maximum absolute atomic E-state index is 7.54. The first-order valence-electron chi connectivity index (χ1n) is 29.1. The molecule has 0 radical (unpaired) electrons. The molecule has 0 N–H and O–H groups in total. The molecule has 4 heteroatoms. The number of rotatable bonds is 4. The third-order valence-electron chi connectivity index (χ3n) is 19.5. The van der Waals surface area contributed by atoms with E-state index < -0.39 is 0 Å². The fourth-order valence-corrected chi connectivity index (χ4v) is 14.7.